The molecule has 7 heteroatoms. The molecular formula is C13H20BNO4S. The van der Waals surface area contributed by atoms with Crippen LogP contribution in [0, 0.1) is 0 Å². The van der Waals surface area contributed by atoms with E-state index >= 15 is 0 Å². The van der Waals surface area contributed by atoms with Gasteiger partial charge >= 0.3 is 7.12 Å². The Balaban J connectivity index is 2.34. The number of rotatable bonds is 3. The van der Waals surface area contributed by atoms with Crippen LogP contribution >= 0.6 is 0 Å². The van der Waals surface area contributed by atoms with Gasteiger partial charge in [-0.05, 0) is 33.3 Å². The number of aromatic amines is 1. The van der Waals surface area contributed by atoms with Crippen LogP contribution < -0.4 is 11.0 Å². The summed E-state index contributed by atoms with van der Waals surface area (Å²) in [6, 6.07) is 1.71. The molecule has 0 aromatic carbocycles. The zero-order valence-electron chi connectivity index (χ0n) is 12.5. The summed E-state index contributed by atoms with van der Waals surface area (Å²) < 4.78 is 23.0. The lowest BCUT2D eigenvalue weighted by atomic mass is 9.79. The first kappa shape index (κ1) is 15.5. The van der Waals surface area contributed by atoms with Gasteiger partial charge < -0.3 is 14.3 Å². The molecule has 1 saturated heterocycles. The number of hydrogen-bond acceptors (Lipinski definition) is 4. The average molecular weight is 297 g/mol. The van der Waals surface area contributed by atoms with Gasteiger partial charge in [-0.2, -0.15) is 0 Å². The largest absolute Gasteiger partial charge is 0.500 e. The summed E-state index contributed by atoms with van der Waals surface area (Å²) in [6.07, 6.45) is 3.21. The minimum atomic E-state index is -0.967. The van der Waals surface area contributed by atoms with E-state index < -0.39 is 29.1 Å². The van der Waals surface area contributed by atoms with Crippen LogP contribution in [0.25, 0.3) is 0 Å². The van der Waals surface area contributed by atoms with E-state index in [9.17, 15) is 9.00 Å². The second-order valence-electron chi connectivity index (χ2n) is 6.10. The molecule has 110 valence electrons. The molecule has 0 bridgehead atoms. The first-order valence-electron chi connectivity index (χ1n) is 6.49. The van der Waals surface area contributed by atoms with E-state index in [1.54, 1.807) is 18.5 Å². The van der Waals surface area contributed by atoms with E-state index in [2.05, 4.69) is 4.98 Å². The number of hydrogen-bond donors (Lipinski definition) is 1. The molecule has 1 aliphatic heterocycles. The van der Waals surface area contributed by atoms with Gasteiger partial charge in [0.15, 0.2) is 0 Å². The second-order valence-corrected chi connectivity index (χ2v) is 7.53. The van der Waals surface area contributed by atoms with Gasteiger partial charge in [-0.3, -0.25) is 9.00 Å². The normalized spacial score (nSPS) is 21.9. The Kier molecular flexibility index (Phi) is 3.97. The molecule has 0 saturated carbocycles. The highest BCUT2D eigenvalue weighted by atomic mass is 32.2. The summed E-state index contributed by atoms with van der Waals surface area (Å²) in [4.78, 5) is 14.6. The van der Waals surface area contributed by atoms with Crippen molar-refractivity contribution in [3.8, 4) is 0 Å². The van der Waals surface area contributed by atoms with Gasteiger partial charge in [-0.1, -0.05) is 6.07 Å². The summed E-state index contributed by atoms with van der Waals surface area (Å²) in [6.45, 7) is 7.75. The lowest BCUT2D eigenvalue weighted by molar-refractivity contribution is 0.00578. The third-order valence-corrected chi connectivity index (χ3v) is 4.61. The van der Waals surface area contributed by atoms with Crippen molar-refractivity contribution in [2.24, 2.45) is 0 Å². The fourth-order valence-corrected chi connectivity index (χ4v) is 2.65. The van der Waals surface area contributed by atoms with Gasteiger partial charge in [0.25, 0.3) is 0 Å². The first-order chi connectivity index (χ1) is 9.12. The molecule has 1 unspecified atom stereocenters. The molecule has 0 amide bonds. The zero-order valence-corrected chi connectivity index (χ0v) is 13.3. The van der Waals surface area contributed by atoms with E-state index in [0.29, 0.717) is 11.2 Å². The van der Waals surface area contributed by atoms with Crippen LogP contribution in [0.5, 0.6) is 0 Å². The molecule has 0 radical (unpaired) electrons. The third-order valence-electron chi connectivity index (χ3n) is 3.87. The molecule has 20 heavy (non-hydrogen) atoms. The van der Waals surface area contributed by atoms with Gasteiger partial charge in [-0.25, -0.2) is 0 Å². The minimum absolute atomic E-state index is 0.242. The predicted molar refractivity (Wildman–Crippen MR) is 80.5 cm³/mol. The molecule has 1 aromatic rings. The van der Waals surface area contributed by atoms with E-state index in [0.717, 1.165) is 5.56 Å². The minimum Gasteiger partial charge on any atom is -0.399 e. The van der Waals surface area contributed by atoms with Crippen LogP contribution in [-0.2, 0) is 25.9 Å². The predicted octanol–water partition coefficient (Wildman–Crippen LogP) is 0.553. The van der Waals surface area contributed by atoms with Crippen molar-refractivity contribution in [2.75, 3.05) is 6.26 Å². The SMILES string of the molecule is CS(=O)Cc1c[nH]c(=O)c(B2OC(C)(C)C(C)(C)O2)c1. The summed E-state index contributed by atoms with van der Waals surface area (Å²) in [5.74, 6) is 0.392. The lowest BCUT2D eigenvalue weighted by Gasteiger charge is -2.32. The fraction of sp³-hybridized carbons (Fsp3) is 0.615. The van der Waals surface area contributed by atoms with E-state index in [-0.39, 0.29) is 5.56 Å². The Morgan fingerprint density at radius 1 is 1.25 bits per heavy atom. The van der Waals surface area contributed by atoms with Crippen LogP contribution in [0.2, 0.25) is 0 Å². The Labute approximate surface area is 121 Å². The van der Waals surface area contributed by atoms with Crippen molar-refractivity contribution in [2.45, 2.75) is 44.6 Å². The maximum atomic E-state index is 12.0. The van der Waals surface area contributed by atoms with Gasteiger partial charge in [0.05, 0.1) is 11.2 Å². The molecule has 1 fully saturated rings. The molecule has 2 heterocycles. The molecule has 2 rings (SSSR count). The second kappa shape index (κ2) is 5.13. The van der Waals surface area contributed by atoms with Gasteiger partial charge in [-0.15, -0.1) is 0 Å². The highest BCUT2D eigenvalue weighted by molar-refractivity contribution is 7.83. The maximum Gasteiger partial charge on any atom is 0.500 e. The molecule has 1 aromatic heterocycles. The van der Waals surface area contributed by atoms with Gasteiger partial charge in [0.2, 0.25) is 5.56 Å². The molecule has 1 atom stereocenters. The van der Waals surface area contributed by atoms with Crippen molar-refractivity contribution in [3.05, 3.63) is 28.2 Å². The molecule has 1 N–H and O–H groups in total. The molecule has 0 spiro atoms. The van der Waals surface area contributed by atoms with Crippen LogP contribution in [0.1, 0.15) is 33.3 Å². The summed E-state index contributed by atoms with van der Waals surface area (Å²) in [5.41, 5.74) is -0.00245. The Morgan fingerprint density at radius 3 is 2.30 bits per heavy atom. The smallest absolute Gasteiger partial charge is 0.399 e. The van der Waals surface area contributed by atoms with Crippen LogP contribution in [0.15, 0.2) is 17.1 Å². The van der Waals surface area contributed by atoms with Gasteiger partial charge in [0, 0.05) is 34.5 Å². The van der Waals surface area contributed by atoms with Crippen molar-refractivity contribution in [3.63, 3.8) is 0 Å². The maximum absolute atomic E-state index is 12.0. The van der Waals surface area contributed by atoms with Crippen molar-refractivity contribution < 1.29 is 13.5 Å². The lowest BCUT2D eigenvalue weighted by Crippen LogP contribution is -2.45. The monoisotopic (exact) mass is 297 g/mol. The average Bonchev–Trinajstić information content (AvgIpc) is 2.50. The van der Waals surface area contributed by atoms with Crippen molar-refractivity contribution >= 4 is 23.4 Å². The molecular weight excluding hydrogens is 277 g/mol. The molecule has 5 nitrogen and oxygen atoms in total. The highest BCUT2D eigenvalue weighted by Crippen LogP contribution is 2.36. The summed E-state index contributed by atoms with van der Waals surface area (Å²) in [7, 11) is -1.67. The molecule has 1 aliphatic rings. The number of nitrogens with one attached hydrogen (secondary N) is 1. The van der Waals surface area contributed by atoms with Crippen LogP contribution in [0.3, 0.4) is 0 Å². The van der Waals surface area contributed by atoms with Crippen molar-refractivity contribution in [1.29, 1.82) is 0 Å². The van der Waals surface area contributed by atoms with E-state index in [1.807, 2.05) is 27.7 Å². The Morgan fingerprint density at radius 2 is 1.80 bits per heavy atom. The topological polar surface area (TPSA) is 68.4 Å². The number of aromatic nitrogens is 1. The Hall–Kier alpha value is -0.915. The highest BCUT2D eigenvalue weighted by Gasteiger charge is 2.52. The van der Waals surface area contributed by atoms with E-state index in [1.165, 1.54) is 0 Å². The first-order valence-corrected chi connectivity index (χ1v) is 8.22. The molecule has 0 aliphatic carbocycles. The standard InChI is InChI=1S/C13H20BNO4S/c1-12(2)13(3,4)19-14(18-12)10-6-9(8-20(5)17)7-15-11(10)16/h6-7H,8H2,1-5H3,(H,15,16). The quantitative estimate of drug-likeness (QED) is 0.827. The zero-order chi connectivity index (χ0) is 15.1. The van der Waals surface area contributed by atoms with Gasteiger partial charge in [0.1, 0.15) is 0 Å². The number of pyridine rings is 1. The van der Waals surface area contributed by atoms with E-state index in [4.69, 9.17) is 9.31 Å². The summed E-state index contributed by atoms with van der Waals surface area (Å²) in [5, 5.41) is 0. The Bertz CT molecular complexity index is 580. The third kappa shape index (κ3) is 2.89. The number of H-pyrrole nitrogens is 1. The summed E-state index contributed by atoms with van der Waals surface area (Å²) >= 11 is 0. The fourth-order valence-electron chi connectivity index (χ4n) is 2.01. The van der Waals surface area contributed by atoms with Crippen molar-refractivity contribution in [1.82, 2.24) is 4.98 Å². The van der Waals surface area contributed by atoms with Crippen LogP contribution in [0.4, 0.5) is 0 Å². The van der Waals surface area contributed by atoms with Crippen LogP contribution in [-0.4, -0.2) is 33.8 Å².